The highest BCUT2D eigenvalue weighted by atomic mass is 79.9. The molecular formula is C23H27BrN2O5. The third-order valence-corrected chi connectivity index (χ3v) is 5.12. The van der Waals surface area contributed by atoms with E-state index in [0.29, 0.717) is 0 Å². The summed E-state index contributed by atoms with van der Waals surface area (Å²) in [6.45, 7) is 3.68. The maximum Gasteiger partial charge on any atom is 0.408 e. The summed E-state index contributed by atoms with van der Waals surface area (Å²) in [5.41, 5.74) is 1.69. The van der Waals surface area contributed by atoms with Crippen LogP contribution in [0.3, 0.4) is 0 Å². The average Bonchev–Trinajstić information content (AvgIpc) is 2.76. The second-order valence-corrected chi connectivity index (χ2v) is 8.26. The fourth-order valence-corrected chi connectivity index (χ4v) is 3.14. The van der Waals surface area contributed by atoms with Gasteiger partial charge in [0.15, 0.2) is 0 Å². The Morgan fingerprint density at radius 3 is 2.16 bits per heavy atom. The number of amides is 2. The third-order valence-electron chi connectivity index (χ3n) is 4.59. The van der Waals surface area contributed by atoms with E-state index in [1.165, 1.54) is 7.11 Å². The van der Waals surface area contributed by atoms with Gasteiger partial charge in [0, 0.05) is 10.9 Å². The van der Waals surface area contributed by atoms with E-state index in [0.717, 1.165) is 15.6 Å². The lowest BCUT2D eigenvalue weighted by Gasteiger charge is -2.24. The molecule has 2 N–H and O–H groups in total. The fourth-order valence-electron chi connectivity index (χ4n) is 2.88. The highest BCUT2D eigenvalue weighted by molar-refractivity contribution is 9.10. The van der Waals surface area contributed by atoms with Crippen LogP contribution in [0.2, 0.25) is 0 Å². The van der Waals surface area contributed by atoms with Crippen molar-refractivity contribution in [3.8, 4) is 0 Å². The van der Waals surface area contributed by atoms with E-state index in [9.17, 15) is 14.4 Å². The van der Waals surface area contributed by atoms with Crippen molar-refractivity contribution in [3.05, 3.63) is 70.2 Å². The molecule has 166 valence electrons. The maximum absolute atomic E-state index is 12.9. The van der Waals surface area contributed by atoms with Crippen LogP contribution in [0.4, 0.5) is 4.79 Å². The number of rotatable bonds is 9. The zero-order valence-corrected chi connectivity index (χ0v) is 19.3. The Kier molecular flexibility index (Phi) is 9.52. The molecule has 0 aliphatic rings. The maximum atomic E-state index is 12.9. The molecule has 7 nitrogen and oxygen atoms in total. The summed E-state index contributed by atoms with van der Waals surface area (Å²) < 4.78 is 11.0. The summed E-state index contributed by atoms with van der Waals surface area (Å²) >= 11 is 3.37. The molecule has 31 heavy (non-hydrogen) atoms. The zero-order chi connectivity index (χ0) is 22.8. The Balaban J connectivity index is 2.00. The van der Waals surface area contributed by atoms with Crippen LogP contribution in [-0.4, -0.2) is 37.2 Å². The van der Waals surface area contributed by atoms with E-state index < -0.39 is 30.1 Å². The van der Waals surface area contributed by atoms with E-state index in [2.05, 4.69) is 26.6 Å². The van der Waals surface area contributed by atoms with Gasteiger partial charge < -0.3 is 20.1 Å². The highest BCUT2D eigenvalue weighted by Gasteiger charge is 2.29. The van der Waals surface area contributed by atoms with Crippen molar-refractivity contribution in [2.45, 2.75) is 39.0 Å². The molecule has 0 radical (unpaired) electrons. The quantitative estimate of drug-likeness (QED) is 0.523. The molecule has 2 atom stereocenters. The van der Waals surface area contributed by atoms with E-state index in [1.54, 1.807) is 13.8 Å². The van der Waals surface area contributed by atoms with Crippen molar-refractivity contribution in [1.29, 1.82) is 0 Å². The lowest BCUT2D eigenvalue weighted by molar-refractivity contribution is -0.145. The first-order valence-corrected chi connectivity index (χ1v) is 10.7. The van der Waals surface area contributed by atoms with Gasteiger partial charge in [-0.05, 0) is 29.2 Å². The average molecular weight is 491 g/mol. The van der Waals surface area contributed by atoms with Crippen molar-refractivity contribution in [1.82, 2.24) is 10.6 Å². The van der Waals surface area contributed by atoms with Gasteiger partial charge in [0.2, 0.25) is 5.91 Å². The molecule has 0 aliphatic carbocycles. The first-order valence-electron chi connectivity index (χ1n) is 9.90. The van der Waals surface area contributed by atoms with E-state index in [-0.39, 0.29) is 18.9 Å². The molecule has 0 aliphatic heterocycles. The second-order valence-electron chi connectivity index (χ2n) is 7.34. The van der Waals surface area contributed by atoms with Gasteiger partial charge in [0.25, 0.3) is 0 Å². The van der Waals surface area contributed by atoms with Crippen LogP contribution in [-0.2, 0) is 32.1 Å². The van der Waals surface area contributed by atoms with E-state index in [1.807, 2.05) is 54.6 Å². The Labute approximate surface area is 190 Å². The second kappa shape index (κ2) is 12.1. The number of hydrogen-bond acceptors (Lipinski definition) is 5. The van der Waals surface area contributed by atoms with Crippen LogP contribution >= 0.6 is 15.9 Å². The number of hydrogen-bond donors (Lipinski definition) is 2. The minimum Gasteiger partial charge on any atom is -0.467 e. The predicted octanol–water partition coefficient (Wildman–Crippen LogP) is 3.60. The molecule has 2 aromatic rings. The van der Waals surface area contributed by atoms with Gasteiger partial charge in [-0.1, -0.05) is 72.2 Å². The van der Waals surface area contributed by atoms with Gasteiger partial charge in [0.05, 0.1) is 7.11 Å². The van der Waals surface area contributed by atoms with Crippen LogP contribution < -0.4 is 10.6 Å². The first kappa shape index (κ1) is 24.4. The third kappa shape index (κ3) is 8.05. The van der Waals surface area contributed by atoms with Gasteiger partial charge in [-0.3, -0.25) is 4.79 Å². The molecule has 2 rings (SSSR count). The summed E-state index contributed by atoms with van der Waals surface area (Å²) in [5, 5.41) is 5.28. The van der Waals surface area contributed by atoms with Crippen molar-refractivity contribution in [2.24, 2.45) is 5.92 Å². The molecule has 0 bridgehead atoms. The number of esters is 1. The summed E-state index contributed by atoms with van der Waals surface area (Å²) in [6.07, 6.45) is -0.449. The number of benzene rings is 2. The summed E-state index contributed by atoms with van der Waals surface area (Å²) in [6, 6.07) is 14.9. The summed E-state index contributed by atoms with van der Waals surface area (Å²) in [7, 11) is 1.27. The first-order chi connectivity index (χ1) is 14.8. The SMILES string of the molecule is COC(=O)[C@H](Cc1ccc(Br)cc1)NC(=O)[C@H](NC(=O)OCc1ccccc1)C(C)C. The molecule has 0 heterocycles. The standard InChI is InChI=1S/C23H27BrN2O5/c1-15(2)20(26-23(29)31-14-17-7-5-4-6-8-17)21(27)25-19(22(28)30-3)13-16-9-11-18(24)12-10-16/h4-12,15,19-20H,13-14H2,1-3H3,(H,25,27)(H,26,29)/t19-,20+/m0/s1. The van der Waals surface area contributed by atoms with Gasteiger partial charge in [-0.2, -0.15) is 0 Å². The van der Waals surface area contributed by atoms with Gasteiger partial charge in [-0.15, -0.1) is 0 Å². The smallest absolute Gasteiger partial charge is 0.408 e. The fraction of sp³-hybridized carbons (Fsp3) is 0.348. The van der Waals surface area contributed by atoms with Crippen LogP contribution in [0.1, 0.15) is 25.0 Å². The Morgan fingerprint density at radius 1 is 0.935 bits per heavy atom. The lowest BCUT2D eigenvalue weighted by Crippen LogP contribution is -2.54. The summed E-state index contributed by atoms with van der Waals surface area (Å²) in [4.78, 5) is 37.3. The van der Waals surface area contributed by atoms with Crippen molar-refractivity contribution < 1.29 is 23.9 Å². The number of carbonyl (C=O) groups excluding carboxylic acids is 3. The molecule has 0 aromatic heterocycles. The van der Waals surface area contributed by atoms with Gasteiger partial charge in [-0.25, -0.2) is 9.59 Å². The Morgan fingerprint density at radius 2 is 1.58 bits per heavy atom. The topological polar surface area (TPSA) is 93.7 Å². The minimum atomic E-state index is -0.887. The number of halogens is 1. The van der Waals surface area contributed by atoms with E-state index in [4.69, 9.17) is 9.47 Å². The number of ether oxygens (including phenoxy) is 2. The molecule has 0 saturated carbocycles. The summed E-state index contributed by atoms with van der Waals surface area (Å²) in [5.74, 6) is -1.28. The van der Waals surface area contributed by atoms with Gasteiger partial charge in [0.1, 0.15) is 18.7 Å². The molecule has 2 aromatic carbocycles. The molecule has 2 amide bonds. The molecule has 0 saturated heterocycles. The molecular weight excluding hydrogens is 464 g/mol. The zero-order valence-electron chi connectivity index (χ0n) is 17.8. The monoisotopic (exact) mass is 490 g/mol. The van der Waals surface area contributed by atoms with Gasteiger partial charge >= 0.3 is 12.1 Å². The molecule has 0 spiro atoms. The number of nitrogens with one attached hydrogen (secondary N) is 2. The largest absolute Gasteiger partial charge is 0.467 e. The van der Waals surface area contributed by atoms with Crippen LogP contribution in [0.25, 0.3) is 0 Å². The Bertz CT molecular complexity index is 871. The van der Waals surface area contributed by atoms with Crippen LogP contribution in [0.5, 0.6) is 0 Å². The van der Waals surface area contributed by atoms with E-state index >= 15 is 0 Å². The highest BCUT2D eigenvalue weighted by Crippen LogP contribution is 2.13. The molecule has 0 fully saturated rings. The number of alkyl carbamates (subject to hydrolysis) is 1. The number of methoxy groups -OCH3 is 1. The van der Waals surface area contributed by atoms with Crippen LogP contribution in [0.15, 0.2) is 59.1 Å². The molecule has 0 unspecified atom stereocenters. The van der Waals surface area contributed by atoms with Crippen molar-refractivity contribution in [2.75, 3.05) is 7.11 Å². The van der Waals surface area contributed by atoms with Crippen LogP contribution in [0, 0.1) is 5.92 Å². The van der Waals surface area contributed by atoms with Crippen molar-refractivity contribution in [3.63, 3.8) is 0 Å². The molecule has 8 heteroatoms. The predicted molar refractivity (Wildman–Crippen MR) is 120 cm³/mol. The Hall–Kier alpha value is -2.87. The van der Waals surface area contributed by atoms with Crippen molar-refractivity contribution >= 4 is 33.9 Å². The normalized spacial score (nSPS) is 12.5. The lowest BCUT2D eigenvalue weighted by atomic mass is 10.0. The minimum absolute atomic E-state index is 0.0907. The number of carbonyl (C=O) groups is 3.